The fourth-order valence-corrected chi connectivity index (χ4v) is 2.27. The third-order valence-corrected chi connectivity index (χ3v) is 3.37. The maximum Gasteiger partial charge on any atom is 0.224 e. The second kappa shape index (κ2) is 5.93. The van der Waals surface area contributed by atoms with Crippen LogP contribution in [0.2, 0.25) is 0 Å². The summed E-state index contributed by atoms with van der Waals surface area (Å²) in [5.41, 5.74) is 1.63. The molecule has 0 radical (unpaired) electrons. The average Bonchev–Trinajstić information content (AvgIpc) is 2.91. The zero-order valence-electron chi connectivity index (χ0n) is 11.6. The van der Waals surface area contributed by atoms with Crippen molar-refractivity contribution in [3.8, 4) is 0 Å². The van der Waals surface area contributed by atoms with E-state index in [1.807, 2.05) is 6.07 Å². The lowest BCUT2D eigenvalue weighted by molar-refractivity contribution is -0.120. The predicted octanol–water partition coefficient (Wildman–Crippen LogP) is 2.70. The van der Waals surface area contributed by atoms with Gasteiger partial charge in [-0.15, -0.1) is 0 Å². The zero-order valence-corrected chi connectivity index (χ0v) is 11.6. The van der Waals surface area contributed by atoms with Crippen LogP contribution >= 0.6 is 0 Å². The molecule has 0 spiro atoms. The van der Waals surface area contributed by atoms with Crippen molar-refractivity contribution in [1.82, 2.24) is 15.3 Å². The number of hydrogen-bond donors (Lipinski definition) is 2. The Morgan fingerprint density at radius 2 is 2.09 bits per heavy atom. The van der Waals surface area contributed by atoms with Crippen LogP contribution in [0.5, 0.6) is 0 Å². The number of benzene rings is 1. The smallest absolute Gasteiger partial charge is 0.224 e. The Hall–Kier alpha value is -2.76. The van der Waals surface area contributed by atoms with E-state index in [1.54, 1.807) is 18.5 Å². The second-order valence-electron chi connectivity index (χ2n) is 4.90. The van der Waals surface area contributed by atoms with Crippen molar-refractivity contribution in [1.29, 1.82) is 0 Å². The third kappa shape index (κ3) is 2.95. The number of nitrogens with one attached hydrogen (secondary N) is 2. The number of rotatable bonds is 4. The van der Waals surface area contributed by atoms with Crippen LogP contribution < -0.4 is 5.32 Å². The topological polar surface area (TPSA) is 57.8 Å². The van der Waals surface area contributed by atoms with Crippen molar-refractivity contribution < 1.29 is 13.6 Å². The van der Waals surface area contributed by atoms with Crippen molar-refractivity contribution in [3.63, 3.8) is 0 Å². The van der Waals surface area contributed by atoms with Crippen molar-refractivity contribution in [2.45, 2.75) is 13.0 Å². The lowest BCUT2D eigenvalue weighted by Crippen LogP contribution is -2.25. The summed E-state index contributed by atoms with van der Waals surface area (Å²) in [5, 5.41) is 3.46. The van der Waals surface area contributed by atoms with E-state index in [1.165, 1.54) is 0 Å². The second-order valence-corrected chi connectivity index (χ2v) is 4.90. The Bertz CT molecular complexity index is 829. The molecule has 22 heavy (non-hydrogen) atoms. The van der Waals surface area contributed by atoms with Gasteiger partial charge in [0, 0.05) is 29.9 Å². The SMILES string of the molecule is O=C(Cc1c[nH]c2ncccc12)NCc1cc(F)ccc1F. The van der Waals surface area contributed by atoms with E-state index < -0.39 is 11.6 Å². The number of carbonyl (C=O) groups excluding carboxylic acids is 1. The highest BCUT2D eigenvalue weighted by Crippen LogP contribution is 2.16. The Morgan fingerprint density at radius 3 is 2.95 bits per heavy atom. The van der Waals surface area contributed by atoms with Crippen LogP contribution in [-0.2, 0) is 17.8 Å². The third-order valence-electron chi connectivity index (χ3n) is 3.37. The molecule has 2 aromatic heterocycles. The number of hydrogen-bond acceptors (Lipinski definition) is 2. The number of amides is 1. The summed E-state index contributed by atoms with van der Waals surface area (Å²) in [6.45, 7) is -0.0525. The molecule has 1 aromatic carbocycles. The first kappa shape index (κ1) is 14.2. The summed E-state index contributed by atoms with van der Waals surface area (Å²) in [6, 6.07) is 6.82. The summed E-state index contributed by atoms with van der Waals surface area (Å²) in [5.74, 6) is -1.35. The van der Waals surface area contributed by atoms with Gasteiger partial charge >= 0.3 is 0 Å². The van der Waals surface area contributed by atoms with E-state index in [2.05, 4.69) is 15.3 Å². The number of carbonyl (C=O) groups is 1. The molecule has 3 aromatic rings. The van der Waals surface area contributed by atoms with Gasteiger partial charge in [0.15, 0.2) is 0 Å². The molecule has 6 heteroatoms. The van der Waals surface area contributed by atoms with Crippen molar-refractivity contribution in [2.75, 3.05) is 0 Å². The molecule has 0 aliphatic heterocycles. The number of fused-ring (bicyclic) bond motifs is 1. The maximum absolute atomic E-state index is 13.5. The fraction of sp³-hybridized carbons (Fsp3) is 0.125. The molecule has 0 bridgehead atoms. The standard InChI is InChI=1S/C16H13F2N3O/c17-12-3-4-14(18)11(6-12)9-20-15(22)7-10-8-21-16-13(10)2-1-5-19-16/h1-6,8H,7,9H2,(H,19,21)(H,20,22). The van der Waals surface area contributed by atoms with Gasteiger partial charge in [-0.1, -0.05) is 0 Å². The highest BCUT2D eigenvalue weighted by molar-refractivity contribution is 5.87. The number of H-pyrrole nitrogens is 1. The molecule has 0 saturated carbocycles. The lowest BCUT2D eigenvalue weighted by atomic mass is 10.1. The van der Waals surface area contributed by atoms with E-state index in [0.717, 1.165) is 29.1 Å². The van der Waals surface area contributed by atoms with Crippen molar-refractivity contribution in [2.24, 2.45) is 0 Å². The van der Waals surface area contributed by atoms with Gasteiger partial charge in [0.25, 0.3) is 0 Å². The summed E-state index contributed by atoms with van der Waals surface area (Å²) >= 11 is 0. The van der Waals surface area contributed by atoms with Gasteiger partial charge in [0.2, 0.25) is 5.91 Å². The van der Waals surface area contributed by atoms with Crippen LogP contribution in [0.25, 0.3) is 11.0 Å². The molecular weight excluding hydrogens is 288 g/mol. The molecule has 4 nitrogen and oxygen atoms in total. The van der Waals surface area contributed by atoms with Gasteiger partial charge < -0.3 is 10.3 Å². The van der Waals surface area contributed by atoms with Gasteiger partial charge in [-0.25, -0.2) is 13.8 Å². The van der Waals surface area contributed by atoms with E-state index in [9.17, 15) is 13.6 Å². The maximum atomic E-state index is 13.5. The molecule has 112 valence electrons. The molecule has 1 amide bonds. The van der Waals surface area contributed by atoms with Gasteiger partial charge in [0.05, 0.1) is 6.42 Å². The van der Waals surface area contributed by atoms with Crippen LogP contribution in [-0.4, -0.2) is 15.9 Å². The van der Waals surface area contributed by atoms with Crippen LogP contribution in [0.4, 0.5) is 8.78 Å². The molecule has 0 aliphatic carbocycles. The molecule has 0 atom stereocenters. The molecule has 2 N–H and O–H groups in total. The van der Waals surface area contributed by atoms with Crippen LogP contribution in [0.3, 0.4) is 0 Å². The van der Waals surface area contributed by atoms with Crippen LogP contribution in [0, 0.1) is 11.6 Å². The number of nitrogens with zero attached hydrogens (tertiary/aromatic N) is 1. The minimum atomic E-state index is -0.544. The molecule has 0 aliphatic rings. The van der Waals surface area contributed by atoms with Crippen molar-refractivity contribution in [3.05, 3.63) is 65.5 Å². The minimum Gasteiger partial charge on any atom is -0.352 e. The average molecular weight is 301 g/mol. The zero-order chi connectivity index (χ0) is 15.5. The largest absolute Gasteiger partial charge is 0.352 e. The first-order valence-corrected chi connectivity index (χ1v) is 6.75. The molecule has 2 heterocycles. The van der Waals surface area contributed by atoms with E-state index in [0.29, 0.717) is 5.65 Å². The highest BCUT2D eigenvalue weighted by Gasteiger charge is 2.10. The molecule has 3 rings (SSSR count). The van der Waals surface area contributed by atoms with Crippen molar-refractivity contribution >= 4 is 16.9 Å². The summed E-state index contributed by atoms with van der Waals surface area (Å²) in [7, 11) is 0. The van der Waals surface area contributed by atoms with Gasteiger partial charge in [0.1, 0.15) is 17.3 Å². The molecule has 0 fully saturated rings. The Balaban J connectivity index is 1.67. The van der Waals surface area contributed by atoms with E-state index in [-0.39, 0.29) is 24.4 Å². The Kier molecular flexibility index (Phi) is 3.82. The highest BCUT2D eigenvalue weighted by atomic mass is 19.1. The van der Waals surface area contributed by atoms with Gasteiger partial charge in [-0.2, -0.15) is 0 Å². The predicted molar refractivity (Wildman–Crippen MR) is 78.0 cm³/mol. The number of halogens is 2. The quantitative estimate of drug-likeness (QED) is 0.778. The summed E-state index contributed by atoms with van der Waals surface area (Å²) in [4.78, 5) is 19.1. The first-order chi connectivity index (χ1) is 10.6. The number of aromatic nitrogens is 2. The Morgan fingerprint density at radius 1 is 1.23 bits per heavy atom. The van der Waals surface area contributed by atoms with Crippen LogP contribution in [0.1, 0.15) is 11.1 Å². The van der Waals surface area contributed by atoms with E-state index >= 15 is 0 Å². The van der Waals surface area contributed by atoms with Gasteiger partial charge in [-0.3, -0.25) is 4.79 Å². The summed E-state index contributed by atoms with van der Waals surface area (Å²) < 4.78 is 26.5. The molecule has 0 saturated heterocycles. The summed E-state index contributed by atoms with van der Waals surface area (Å²) in [6.07, 6.45) is 3.53. The molecular formula is C16H13F2N3O. The lowest BCUT2D eigenvalue weighted by Gasteiger charge is -2.06. The molecule has 0 unspecified atom stereocenters. The van der Waals surface area contributed by atoms with Crippen LogP contribution in [0.15, 0.2) is 42.7 Å². The number of pyridine rings is 1. The Labute approximate surface area is 125 Å². The minimum absolute atomic E-state index is 0.0525. The normalized spacial score (nSPS) is 10.8. The fourth-order valence-electron chi connectivity index (χ4n) is 2.27. The first-order valence-electron chi connectivity index (χ1n) is 6.75. The monoisotopic (exact) mass is 301 g/mol. The number of aromatic amines is 1. The van der Waals surface area contributed by atoms with E-state index in [4.69, 9.17) is 0 Å². The van der Waals surface area contributed by atoms with Gasteiger partial charge in [-0.05, 0) is 35.9 Å².